The van der Waals surface area contributed by atoms with Gasteiger partial charge in [-0.25, -0.2) is 4.79 Å². The van der Waals surface area contributed by atoms with E-state index in [1.165, 1.54) is 17.9 Å². The molecule has 1 aromatic heterocycles. The summed E-state index contributed by atoms with van der Waals surface area (Å²) in [6.45, 7) is 1.92. The Labute approximate surface area is 162 Å². The molecule has 0 bridgehead atoms. The summed E-state index contributed by atoms with van der Waals surface area (Å²) in [6, 6.07) is 16.1. The Hall–Kier alpha value is -4.05. The summed E-state index contributed by atoms with van der Waals surface area (Å²) in [5.74, 6) is -0.862. The molecular formula is C21H18N4O3. The maximum atomic E-state index is 12.4. The van der Waals surface area contributed by atoms with Crippen LogP contribution in [-0.4, -0.2) is 23.6 Å². The largest absolute Gasteiger partial charge is 0.464 e. The van der Waals surface area contributed by atoms with Crippen molar-refractivity contribution in [2.75, 3.05) is 18.2 Å². The molecule has 2 aromatic carbocycles. The Kier molecular flexibility index (Phi) is 5.14. The number of carbonyl (C=O) groups excluding carboxylic acids is 2. The number of nitrogens with one attached hydrogen (secondary N) is 1. The summed E-state index contributed by atoms with van der Waals surface area (Å²) >= 11 is 0. The number of benzene rings is 2. The van der Waals surface area contributed by atoms with Gasteiger partial charge < -0.3 is 20.4 Å². The van der Waals surface area contributed by atoms with Gasteiger partial charge in [0.1, 0.15) is 6.07 Å². The molecule has 3 rings (SSSR count). The lowest BCUT2D eigenvalue weighted by Gasteiger charge is -2.10. The van der Waals surface area contributed by atoms with Gasteiger partial charge in [-0.3, -0.25) is 4.79 Å². The molecule has 0 aliphatic heterocycles. The van der Waals surface area contributed by atoms with E-state index in [-0.39, 0.29) is 22.9 Å². The smallest absolute Gasteiger partial charge is 0.357 e. The standard InChI is InChI=1S/C21H18N4O3/c1-13-4-3-5-14(10-13)20(26)24-16-6-8-17(9-7-16)25-12-15(11-22)18(23)19(25)21(27)28-2/h3-10,12H,23H2,1-2H3,(H,24,26). The van der Waals surface area contributed by atoms with Crippen molar-refractivity contribution >= 4 is 23.3 Å². The fourth-order valence-electron chi connectivity index (χ4n) is 2.81. The normalized spacial score (nSPS) is 10.2. The van der Waals surface area contributed by atoms with Gasteiger partial charge in [-0.2, -0.15) is 5.26 Å². The zero-order valence-corrected chi connectivity index (χ0v) is 15.4. The minimum Gasteiger partial charge on any atom is -0.464 e. The number of nitrogens with zero attached hydrogens (tertiary/aromatic N) is 2. The van der Waals surface area contributed by atoms with Gasteiger partial charge in [-0.15, -0.1) is 0 Å². The number of amides is 1. The molecule has 140 valence electrons. The van der Waals surface area contributed by atoms with E-state index >= 15 is 0 Å². The lowest BCUT2D eigenvalue weighted by molar-refractivity contribution is 0.0593. The van der Waals surface area contributed by atoms with Crippen LogP contribution in [0.1, 0.15) is 32.0 Å². The van der Waals surface area contributed by atoms with Gasteiger partial charge in [0.25, 0.3) is 5.91 Å². The molecule has 3 N–H and O–H groups in total. The van der Waals surface area contributed by atoms with Crippen LogP contribution < -0.4 is 11.1 Å². The summed E-state index contributed by atoms with van der Waals surface area (Å²) in [6.07, 6.45) is 1.47. The Morgan fingerprint density at radius 3 is 2.50 bits per heavy atom. The van der Waals surface area contributed by atoms with E-state index in [2.05, 4.69) is 5.32 Å². The van der Waals surface area contributed by atoms with Gasteiger partial charge in [0.2, 0.25) is 0 Å². The molecule has 0 spiro atoms. The van der Waals surface area contributed by atoms with E-state index in [4.69, 9.17) is 10.5 Å². The Balaban J connectivity index is 1.88. The predicted octanol–water partition coefficient (Wildman–Crippen LogP) is 3.28. The average Bonchev–Trinajstić information content (AvgIpc) is 3.04. The van der Waals surface area contributed by atoms with Crippen LogP contribution in [0.3, 0.4) is 0 Å². The third-order valence-corrected chi connectivity index (χ3v) is 4.23. The maximum absolute atomic E-state index is 12.4. The van der Waals surface area contributed by atoms with Gasteiger partial charge in [-0.05, 0) is 43.3 Å². The molecule has 0 aliphatic carbocycles. The SMILES string of the molecule is COC(=O)c1c(N)c(C#N)cn1-c1ccc(NC(=O)c2cccc(C)c2)cc1. The van der Waals surface area contributed by atoms with Crippen LogP contribution in [-0.2, 0) is 4.74 Å². The Morgan fingerprint density at radius 1 is 1.18 bits per heavy atom. The van der Waals surface area contributed by atoms with Gasteiger partial charge in [0.15, 0.2) is 5.69 Å². The number of hydrogen-bond acceptors (Lipinski definition) is 5. The number of carbonyl (C=O) groups is 2. The zero-order valence-electron chi connectivity index (χ0n) is 15.4. The second-order valence-electron chi connectivity index (χ2n) is 6.15. The lowest BCUT2D eigenvalue weighted by atomic mass is 10.1. The van der Waals surface area contributed by atoms with Crippen LogP contribution in [0.2, 0.25) is 0 Å². The molecule has 1 amide bonds. The number of methoxy groups -OCH3 is 1. The van der Waals surface area contributed by atoms with Crippen LogP contribution >= 0.6 is 0 Å². The highest BCUT2D eigenvalue weighted by Gasteiger charge is 2.21. The van der Waals surface area contributed by atoms with Crippen molar-refractivity contribution in [2.45, 2.75) is 6.92 Å². The van der Waals surface area contributed by atoms with Crippen molar-refractivity contribution in [3.05, 3.63) is 77.1 Å². The molecule has 3 aromatic rings. The van der Waals surface area contributed by atoms with E-state index in [0.717, 1.165) is 5.56 Å². The molecule has 1 heterocycles. The van der Waals surface area contributed by atoms with Crippen molar-refractivity contribution < 1.29 is 14.3 Å². The van der Waals surface area contributed by atoms with Crippen molar-refractivity contribution in [2.24, 2.45) is 0 Å². The highest BCUT2D eigenvalue weighted by atomic mass is 16.5. The van der Waals surface area contributed by atoms with E-state index in [1.807, 2.05) is 25.1 Å². The molecule has 0 fully saturated rings. The fourth-order valence-corrected chi connectivity index (χ4v) is 2.81. The predicted molar refractivity (Wildman–Crippen MR) is 105 cm³/mol. The molecule has 7 nitrogen and oxygen atoms in total. The second-order valence-corrected chi connectivity index (χ2v) is 6.15. The summed E-state index contributed by atoms with van der Waals surface area (Å²) < 4.78 is 6.26. The van der Waals surface area contributed by atoms with Gasteiger partial charge >= 0.3 is 5.97 Å². The summed E-state index contributed by atoms with van der Waals surface area (Å²) in [5.41, 5.74) is 8.97. The van der Waals surface area contributed by atoms with Gasteiger partial charge in [0.05, 0.1) is 18.4 Å². The Morgan fingerprint density at radius 2 is 1.89 bits per heavy atom. The number of nitrogen functional groups attached to an aromatic ring is 1. The first kappa shape index (κ1) is 18.7. The number of aryl methyl sites for hydroxylation is 1. The zero-order chi connectivity index (χ0) is 20.3. The number of esters is 1. The number of nitrogens with two attached hydrogens (primary N) is 1. The molecular weight excluding hydrogens is 356 g/mol. The molecule has 0 atom stereocenters. The van der Waals surface area contributed by atoms with E-state index in [9.17, 15) is 14.9 Å². The van der Waals surface area contributed by atoms with E-state index in [1.54, 1.807) is 36.4 Å². The van der Waals surface area contributed by atoms with E-state index < -0.39 is 5.97 Å². The number of aromatic nitrogens is 1. The fraction of sp³-hybridized carbons (Fsp3) is 0.0952. The highest BCUT2D eigenvalue weighted by Crippen LogP contribution is 2.25. The first-order valence-electron chi connectivity index (χ1n) is 8.42. The topological polar surface area (TPSA) is 110 Å². The lowest BCUT2D eigenvalue weighted by Crippen LogP contribution is -2.12. The molecule has 7 heteroatoms. The summed E-state index contributed by atoms with van der Waals surface area (Å²) in [5, 5.41) is 12.0. The van der Waals surface area contributed by atoms with Crippen LogP contribution in [0.5, 0.6) is 0 Å². The van der Waals surface area contributed by atoms with Crippen molar-refractivity contribution in [3.63, 3.8) is 0 Å². The number of ether oxygens (including phenoxy) is 1. The minimum absolute atomic E-state index is 0.0613. The maximum Gasteiger partial charge on any atom is 0.357 e. The Bertz CT molecular complexity index is 1090. The number of hydrogen-bond donors (Lipinski definition) is 2. The van der Waals surface area contributed by atoms with Crippen molar-refractivity contribution in [1.29, 1.82) is 5.26 Å². The molecule has 0 radical (unpaired) electrons. The molecule has 0 aliphatic rings. The summed E-state index contributed by atoms with van der Waals surface area (Å²) in [4.78, 5) is 24.4. The molecule has 0 unspecified atom stereocenters. The highest BCUT2D eigenvalue weighted by molar-refractivity contribution is 6.04. The quantitative estimate of drug-likeness (QED) is 0.681. The first-order valence-corrected chi connectivity index (χ1v) is 8.42. The number of rotatable bonds is 4. The first-order chi connectivity index (χ1) is 13.4. The number of anilines is 2. The monoisotopic (exact) mass is 374 g/mol. The van der Waals surface area contributed by atoms with Crippen LogP contribution in [0.25, 0.3) is 5.69 Å². The number of nitriles is 1. The second kappa shape index (κ2) is 7.68. The molecule has 28 heavy (non-hydrogen) atoms. The summed E-state index contributed by atoms with van der Waals surface area (Å²) in [7, 11) is 1.25. The van der Waals surface area contributed by atoms with Crippen LogP contribution in [0, 0.1) is 18.3 Å². The van der Waals surface area contributed by atoms with Crippen molar-refractivity contribution in [1.82, 2.24) is 4.57 Å². The molecule has 0 saturated carbocycles. The molecule has 0 saturated heterocycles. The van der Waals surface area contributed by atoms with Crippen molar-refractivity contribution in [3.8, 4) is 11.8 Å². The van der Waals surface area contributed by atoms with Gasteiger partial charge in [-0.1, -0.05) is 17.7 Å². The van der Waals surface area contributed by atoms with Crippen LogP contribution in [0.15, 0.2) is 54.7 Å². The third-order valence-electron chi connectivity index (χ3n) is 4.23. The van der Waals surface area contributed by atoms with E-state index in [0.29, 0.717) is 16.9 Å². The van der Waals surface area contributed by atoms with Gasteiger partial charge in [0, 0.05) is 23.1 Å². The third kappa shape index (κ3) is 3.57. The minimum atomic E-state index is -0.643. The van der Waals surface area contributed by atoms with Crippen LogP contribution in [0.4, 0.5) is 11.4 Å². The average molecular weight is 374 g/mol.